The van der Waals surface area contributed by atoms with E-state index in [4.69, 9.17) is 11.2 Å². The smallest absolute Gasteiger partial charge is 0.322 e. The van der Waals surface area contributed by atoms with Crippen LogP contribution in [0.5, 0.6) is 0 Å². The van der Waals surface area contributed by atoms with E-state index in [0.717, 1.165) is 0 Å². The Morgan fingerprint density at radius 3 is 2.39 bits per heavy atom. The van der Waals surface area contributed by atoms with Gasteiger partial charge in [-0.15, -0.1) is 6.42 Å². The molecule has 5 heteroatoms. The Morgan fingerprint density at radius 1 is 1.33 bits per heavy atom. The summed E-state index contributed by atoms with van der Waals surface area (Å²) in [4.78, 5) is 23.2. The van der Waals surface area contributed by atoms with Crippen molar-refractivity contribution in [3.63, 3.8) is 0 Å². The van der Waals surface area contributed by atoms with E-state index in [1.807, 2.05) is 13.8 Å². The van der Waals surface area contributed by atoms with Crippen molar-refractivity contribution in [2.24, 2.45) is 5.92 Å². The third-order valence-electron chi connectivity index (χ3n) is 2.40. The summed E-state index contributed by atoms with van der Waals surface area (Å²) in [7, 11) is 1.33. The molecule has 5 nitrogen and oxygen atoms in total. The minimum atomic E-state index is -0.499. The van der Waals surface area contributed by atoms with Crippen LogP contribution in [0.1, 0.15) is 27.2 Å². The predicted octanol–water partition coefficient (Wildman–Crippen LogP) is 0.302. The molecule has 0 spiro atoms. The number of ether oxygens (including phenoxy) is 1. The molecule has 2 N–H and O–H groups in total. The maximum absolute atomic E-state index is 11.6. The predicted molar refractivity (Wildman–Crippen MR) is 69.7 cm³/mol. The zero-order chi connectivity index (χ0) is 14.1. The number of amides is 1. The first-order valence-corrected chi connectivity index (χ1v) is 5.97. The summed E-state index contributed by atoms with van der Waals surface area (Å²) in [5, 5.41) is 5.51. The molecule has 0 bridgehead atoms. The molecule has 0 aliphatic rings. The highest BCUT2D eigenvalue weighted by Crippen LogP contribution is 2.07. The molecule has 0 radical (unpaired) electrons. The average Bonchev–Trinajstić information content (AvgIpc) is 2.33. The second-order valence-electron chi connectivity index (χ2n) is 4.52. The van der Waals surface area contributed by atoms with Crippen molar-refractivity contribution in [2.75, 3.05) is 13.7 Å². The summed E-state index contributed by atoms with van der Waals surface area (Å²) >= 11 is 0. The molecule has 0 aromatic rings. The Morgan fingerprint density at radius 2 is 1.94 bits per heavy atom. The van der Waals surface area contributed by atoms with Crippen molar-refractivity contribution in [2.45, 2.75) is 39.3 Å². The van der Waals surface area contributed by atoms with E-state index >= 15 is 0 Å². The third-order valence-corrected chi connectivity index (χ3v) is 2.40. The number of esters is 1. The number of rotatable bonds is 7. The summed E-state index contributed by atoms with van der Waals surface area (Å²) in [6.07, 6.45) is 5.67. The van der Waals surface area contributed by atoms with Gasteiger partial charge in [0.2, 0.25) is 5.91 Å². The van der Waals surface area contributed by atoms with Gasteiger partial charge in [0.1, 0.15) is 6.04 Å². The number of carbonyl (C=O) groups is 2. The van der Waals surface area contributed by atoms with Crippen molar-refractivity contribution in [1.29, 1.82) is 0 Å². The van der Waals surface area contributed by atoms with Crippen LogP contribution in [0.15, 0.2) is 0 Å². The molecule has 0 aromatic carbocycles. The molecule has 0 aliphatic carbocycles. The van der Waals surface area contributed by atoms with Gasteiger partial charge in [-0.25, -0.2) is 0 Å². The Bertz CT molecular complexity index is 321. The van der Waals surface area contributed by atoms with Crippen LogP contribution in [0.2, 0.25) is 0 Å². The Balaban J connectivity index is 4.43. The lowest BCUT2D eigenvalue weighted by Gasteiger charge is -2.22. The van der Waals surface area contributed by atoms with Gasteiger partial charge in [0, 0.05) is 0 Å². The van der Waals surface area contributed by atoms with E-state index in [1.54, 1.807) is 6.92 Å². The van der Waals surface area contributed by atoms with Crippen LogP contribution in [0.3, 0.4) is 0 Å². The van der Waals surface area contributed by atoms with Gasteiger partial charge in [-0.05, 0) is 19.3 Å². The van der Waals surface area contributed by atoms with Crippen molar-refractivity contribution < 1.29 is 14.3 Å². The van der Waals surface area contributed by atoms with Crippen molar-refractivity contribution in [3.8, 4) is 12.3 Å². The number of terminal acetylenes is 1. The minimum absolute atomic E-state index is 0.178. The van der Waals surface area contributed by atoms with Gasteiger partial charge in [-0.1, -0.05) is 19.8 Å². The standard InChI is InChI=1S/C13H22N2O3/c1-6-7-14-12(16)10(4)15-11(8-9(2)3)13(17)18-5/h1,9-11,15H,7-8H2,2-5H3,(H,14,16). The van der Waals surface area contributed by atoms with Crippen molar-refractivity contribution in [1.82, 2.24) is 10.6 Å². The molecular weight excluding hydrogens is 232 g/mol. The molecule has 0 heterocycles. The molecule has 0 aromatic heterocycles. The largest absolute Gasteiger partial charge is 0.468 e. The lowest BCUT2D eigenvalue weighted by Crippen LogP contribution is -2.50. The van der Waals surface area contributed by atoms with Crippen LogP contribution in [-0.2, 0) is 14.3 Å². The molecule has 102 valence electrons. The number of nitrogens with one attached hydrogen (secondary N) is 2. The molecule has 0 aliphatic heterocycles. The Kier molecular flexibility index (Phi) is 7.81. The summed E-state index contributed by atoms with van der Waals surface area (Å²) in [5.41, 5.74) is 0. The highest BCUT2D eigenvalue weighted by Gasteiger charge is 2.24. The van der Waals surface area contributed by atoms with Crippen LogP contribution in [0.25, 0.3) is 0 Å². The van der Waals surface area contributed by atoms with E-state index in [1.165, 1.54) is 7.11 Å². The summed E-state index contributed by atoms with van der Waals surface area (Å²) in [5.74, 6) is 2.05. The molecule has 0 saturated heterocycles. The van der Waals surface area contributed by atoms with Crippen LogP contribution in [0, 0.1) is 18.3 Å². The molecular formula is C13H22N2O3. The van der Waals surface area contributed by atoms with Gasteiger partial charge in [0.05, 0.1) is 19.7 Å². The second kappa shape index (κ2) is 8.54. The molecule has 0 rings (SSSR count). The fraction of sp³-hybridized carbons (Fsp3) is 0.692. The SMILES string of the molecule is C#CCNC(=O)C(C)NC(CC(C)C)C(=O)OC. The van der Waals surface area contributed by atoms with E-state index in [9.17, 15) is 9.59 Å². The molecule has 2 unspecified atom stereocenters. The third kappa shape index (κ3) is 6.26. The monoisotopic (exact) mass is 254 g/mol. The van der Waals surface area contributed by atoms with Crippen LogP contribution >= 0.6 is 0 Å². The normalized spacial score (nSPS) is 13.6. The molecule has 2 atom stereocenters. The topological polar surface area (TPSA) is 67.4 Å². The van der Waals surface area contributed by atoms with Gasteiger partial charge in [0.25, 0.3) is 0 Å². The maximum Gasteiger partial charge on any atom is 0.322 e. The quantitative estimate of drug-likeness (QED) is 0.506. The van der Waals surface area contributed by atoms with Crippen LogP contribution < -0.4 is 10.6 Å². The lowest BCUT2D eigenvalue weighted by molar-refractivity contribution is -0.144. The summed E-state index contributed by atoms with van der Waals surface area (Å²) in [6.45, 7) is 5.86. The zero-order valence-corrected chi connectivity index (χ0v) is 11.4. The van der Waals surface area contributed by atoms with Crippen LogP contribution in [0.4, 0.5) is 0 Å². The fourth-order valence-electron chi connectivity index (χ4n) is 1.51. The van der Waals surface area contributed by atoms with Gasteiger partial charge in [-0.2, -0.15) is 0 Å². The second-order valence-corrected chi connectivity index (χ2v) is 4.52. The number of hydrogen-bond donors (Lipinski definition) is 2. The minimum Gasteiger partial charge on any atom is -0.468 e. The van der Waals surface area contributed by atoms with Gasteiger partial charge < -0.3 is 10.1 Å². The highest BCUT2D eigenvalue weighted by molar-refractivity contribution is 5.83. The maximum atomic E-state index is 11.6. The molecule has 0 fully saturated rings. The first-order valence-electron chi connectivity index (χ1n) is 5.97. The van der Waals surface area contributed by atoms with Gasteiger partial charge >= 0.3 is 5.97 Å². The number of methoxy groups -OCH3 is 1. The first kappa shape index (κ1) is 16.5. The number of hydrogen-bond acceptors (Lipinski definition) is 4. The zero-order valence-electron chi connectivity index (χ0n) is 11.4. The average molecular weight is 254 g/mol. The lowest BCUT2D eigenvalue weighted by atomic mass is 10.0. The number of carbonyl (C=O) groups excluding carboxylic acids is 2. The molecule has 18 heavy (non-hydrogen) atoms. The Labute approximate surface area is 109 Å². The van der Waals surface area contributed by atoms with E-state index in [-0.39, 0.29) is 18.4 Å². The fourth-order valence-corrected chi connectivity index (χ4v) is 1.51. The highest BCUT2D eigenvalue weighted by atomic mass is 16.5. The summed E-state index contributed by atoms with van der Waals surface area (Å²) in [6, 6.07) is -0.984. The first-order chi connectivity index (χ1) is 8.42. The molecule has 1 amide bonds. The summed E-state index contributed by atoms with van der Waals surface area (Å²) < 4.78 is 4.71. The van der Waals surface area contributed by atoms with Crippen molar-refractivity contribution >= 4 is 11.9 Å². The Hall–Kier alpha value is -1.54. The van der Waals surface area contributed by atoms with E-state index < -0.39 is 12.1 Å². The van der Waals surface area contributed by atoms with E-state index in [2.05, 4.69) is 16.6 Å². The van der Waals surface area contributed by atoms with Gasteiger partial charge in [-0.3, -0.25) is 14.9 Å². The van der Waals surface area contributed by atoms with Crippen LogP contribution in [-0.4, -0.2) is 37.6 Å². The van der Waals surface area contributed by atoms with Crippen molar-refractivity contribution in [3.05, 3.63) is 0 Å². The van der Waals surface area contributed by atoms with Gasteiger partial charge in [0.15, 0.2) is 0 Å². The van der Waals surface area contributed by atoms with E-state index in [0.29, 0.717) is 12.3 Å². The molecule has 0 saturated carbocycles.